The van der Waals surface area contributed by atoms with E-state index in [4.69, 9.17) is 9.47 Å². The standard InChI is InChI=1S/C14H13NO3S2/c1-7(14(16)17-3)18-10-6-11-12(15-8(2)20-11)13-9(10)4-5-19-13/h4-7H,1-3H3. The number of hydrogen-bond donors (Lipinski definition) is 0. The number of methoxy groups -OCH3 is 1. The number of nitrogens with zero attached hydrogens (tertiary/aromatic N) is 1. The zero-order valence-electron chi connectivity index (χ0n) is 11.3. The van der Waals surface area contributed by atoms with Gasteiger partial charge in [0.2, 0.25) is 0 Å². The zero-order valence-corrected chi connectivity index (χ0v) is 12.9. The summed E-state index contributed by atoms with van der Waals surface area (Å²) < 4.78 is 12.6. The van der Waals surface area contributed by atoms with Crippen molar-refractivity contribution in [3.8, 4) is 5.75 Å². The van der Waals surface area contributed by atoms with Crippen molar-refractivity contribution >= 4 is 48.9 Å². The van der Waals surface area contributed by atoms with E-state index in [9.17, 15) is 4.79 Å². The third kappa shape index (κ3) is 2.14. The van der Waals surface area contributed by atoms with Gasteiger partial charge in [0, 0.05) is 11.5 Å². The Balaban J connectivity index is 2.13. The van der Waals surface area contributed by atoms with Gasteiger partial charge in [-0.1, -0.05) is 0 Å². The number of thiazole rings is 1. The van der Waals surface area contributed by atoms with Crippen LogP contribution < -0.4 is 4.74 Å². The number of hydrogen-bond acceptors (Lipinski definition) is 6. The van der Waals surface area contributed by atoms with E-state index in [0.29, 0.717) is 5.75 Å². The third-order valence-corrected chi connectivity index (χ3v) is 4.84. The highest BCUT2D eigenvalue weighted by Crippen LogP contribution is 2.39. The fourth-order valence-corrected chi connectivity index (χ4v) is 3.92. The molecule has 0 aliphatic rings. The van der Waals surface area contributed by atoms with Gasteiger partial charge in [-0.25, -0.2) is 9.78 Å². The van der Waals surface area contributed by atoms with Crippen LogP contribution in [0.5, 0.6) is 5.75 Å². The Morgan fingerprint density at radius 2 is 2.25 bits per heavy atom. The number of carbonyl (C=O) groups excluding carboxylic acids is 1. The molecule has 104 valence electrons. The summed E-state index contributed by atoms with van der Waals surface area (Å²) in [7, 11) is 1.36. The number of thiophene rings is 1. The van der Waals surface area contributed by atoms with Crippen LogP contribution in [0.1, 0.15) is 11.9 Å². The maximum Gasteiger partial charge on any atom is 0.346 e. The quantitative estimate of drug-likeness (QED) is 0.691. The first kappa shape index (κ1) is 13.3. The van der Waals surface area contributed by atoms with Crippen LogP contribution in [0.25, 0.3) is 20.3 Å². The van der Waals surface area contributed by atoms with Crippen LogP contribution >= 0.6 is 22.7 Å². The van der Waals surface area contributed by atoms with E-state index >= 15 is 0 Å². The molecule has 3 rings (SSSR count). The molecule has 0 saturated heterocycles. The van der Waals surface area contributed by atoms with Crippen LogP contribution in [0.3, 0.4) is 0 Å². The molecule has 0 saturated carbocycles. The fourth-order valence-electron chi connectivity index (χ4n) is 2.09. The maximum atomic E-state index is 11.5. The fraction of sp³-hybridized carbons (Fsp3) is 0.286. The lowest BCUT2D eigenvalue weighted by Gasteiger charge is -2.13. The predicted octanol–water partition coefficient (Wildman–Crippen LogP) is 3.76. The van der Waals surface area contributed by atoms with Crippen molar-refractivity contribution in [2.75, 3.05) is 7.11 Å². The van der Waals surface area contributed by atoms with Gasteiger partial charge in [-0.15, -0.1) is 22.7 Å². The summed E-state index contributed by atoms with van der Waals surface area (Å²) in [5.74, 6) is 0.323. The van der Waals surface area contributed by atoms with Crippen LogP contribution in [0, 0.1) is 6.92 Å². The van der Waals surface area contributed by atoms with Gasteiger partial charge in [0.1, 0.15) is 5.75 Å². The number of aromatic nitrogens is 1. The molecular weight excluding hydrogens is 294 g/mol. The highest BCUT2D eigenvalue weighted by molar-refractivity contribution is 7.21. The molecule has 2 heterocycles. The molecule has 2 aromatic heterocycles. The molecule has 0 aliphatic carbocycles. The number of ether oxygens (including phenoxy) is 2. The van der Waals surface area contributed by atoms with Gasteiger partial charge in [0.05, 0.1) is 27.0 Å². The van der Waals surface area contributed by atoms with Crippen molar-refractivity contribution in [3.63, 3.8) is 0 Å². The smallest absolute Gasteiger partial charge is 0.346 e. The average Bonchev–Trinajstić information content (AvgIpc) is 3.03. The Labute approximate surface area is 124 Å². The van der Waals surface area contributed by atoms with Gasteiger partial charge in [-0.05, 0) is 25.3 Å². The zero-order chi connectivity index (χ0) is 14.3. The van der Waals surface area contributed by atoms with Crippen LogP contribution in [-0.2, 0) is 9.53 Å². The second-order valence-corrected chi connectivity index (χ2v) is 6.55. The molecule has 6 heteroatoms. The summed E-state index contributed by atoms with van der Waals surface area (Å²) in [5.41, 5.74) is 1.01. The molecule has 1 aromatic carbocycles. The maximum absolute atomic E-state index is 11.5. The number of carbonyl (C=O) groups is 1. The Bertz CT molecular complexity index is 790. The van der Waals surface area contributed by atoms with Crippen molar-refractivity contribution in [2.45, 2.75) is 20.0 Å². The van der Waals surface area contributed by atoms with Gasteiger partial charge >= 0.3 is 5.97 Å². The second-order valence-electron chi connectivity index (χ2n) is 4.40. The Hall–Kier alpha value is -1.66. The van der Waals surface area contributed by atoms with Crippen LogP contribution in [0.2, 0.25) is 0 Å². The van der Waals surface area contributed by atoms with E-state index in [-0.39, 0.29) is 5.97 Å². The minimum atomic E-state index is -0.630. The van der Waals surface area contributed by atoms with Gasteiger partial charge in [-0.3, -0.25) is 0 Å². The number of esters is 1. The van der Waals surface area contributed by atoms with E-state index in [0.717, 1.165) is 25.3 Å². The normalized spacial score (nSPS) is 12.8. The number of fused-ring (bicyclic) bond motifs is 3. The van der Waals surface area contributed by atoms with E-state index in [1.807, 2.05) is 24.4 Å². The third-order valence-electron chi connectivity index (χ3n) is 3.01. The first-order valence-electron chi connectivity index (χ1n) is 6.12. The van der Waals surface area contributed by atoms with Crippen molar-refractivity contribution < 1.29 is 14.3 Å². The molecule has 0 bridgehead atoms. The minimum absolute atomic E-state index is 0.381. The summed E-state index contributed by atoms with van der Waals surface area (Å²) in [6.45, 7) is 3.67. The lowest BCUT2D eigenvalue weighted by Crippen LogP contribution is -2.24. The first-order chi connectivity index (χ1) is 9.60. The SMILES string of the molecule is COC(=O)C(C)Oc1cc2sc(C)nc2c2sccc12. The number of benzene rings is 1. The van der Waals surface area contributed by atoms with E-state index in [2.05, 4.69) is 4.98 Å². The molecule has 0 N–H and O–H groups in total. The molecule has 0 radical (unpaired) electrons. The summed E-state index contributed by atoms with van der Waals surface area (Å²) in [5, 5.41) is 4.02. The molecule has 20 heavy (non-hydrogen) atoms. The second kappa shape index (κ2) is 5.03. The van der Waals surface area contributed by atoms with Crippen molar-refractivity contribution in [1.82, 2.24) is 4.98 Å². The highest BCUT2D eigenvalue weighted by atomic mass is 32.1. The summed E-state index contributed by atoms with van der Waals surface area (Å²) in [6.07, 6.45) is -0.630. The lowest BCUT2D eigenvalue weighted by molar-refractivity contribution is -0.147. The van der Waals surface area contributed by atoms with Gasteiger partial charge in [0.15, 0.2) is 6.10 Å². The topological polar surface area (TPSA) is 48.4 Å². The largest absolute Gasteiger partial charge is 0.478 e. The Kier molecular flexibility index (Phi) is 3.35. The number of rotatable bonds is 3. The van der Waals surface area contributed by atoms with Gasteiger partial charge in [0.25, 0.3) is 0 Å². The molecule has 0 fully saturated rings. The summed E-state index contributed by atoms with van der Waals surface area (Å²) in [6, 6.07) is 3.95. The number of aryl methyl sites for hydroxylation is 1. The molecule has 3 aromatic rings. The lowest BCUT2D eigenvalue weighted by atomic mass is 10.2. The molecule has 1 atom stereocenters. The monoisotopic (exact) mass is 307 g/mol. The van der Waals surface area contributed by atoms with Crippen LogP contribution in [0.4, 0.5) is 0 Å². The van der Waals surface area contributed by atoms with E-state index in [1.165, 1.54) is 7.11 Å². The first-order valence-corrected chi connectivity index (χ1v) is 7.81. The Morgan fingerprint density at radius 1 is 1.45 bits per heavy atom. The van der Waals surface area contributed by atoms with Gasteiger partial charge < -0.3 is 9.47 Å². The summed E-state index contributed by atoms with van der Waals surface area (Å²) >= 11 is 3.26. The van der Waals surface area contributed by atoms with Gasteiger partial charge in [-0.2, -0.15) is 0 Å². The van der Waals surface area contributed by atoms with E-state index < -0.39 is 6.10 Å². The summed E-state index contributed by atoms with van der Waals surface area (Å²) in [4.78, 5) is 16.1. The molecule has 1 unspecified atom stereocenters. The highest BCUT2D eigenvalue weighted by Gasteiger charge is 2.18. The molecular formula is C14H13NO3S2. The molecule has 0 aliphatic heterocycles. The van der Waals surface area contributed by atoms with Crippen molar-refractivity contribution in [2.24, 2.45) is 0 Å². The average molecular weight is 307 g/mol. The minimum Gasteiger partial charge on any atom is -0.478 e. The molecule has 4 nitrogen and oxygen atoms in total. The van der Waals surface area contributed by atoms with Crippen LogP contribution in [-0.4, -0.2) is 24.2 Å². The molecule has 0 amide bonds. The predicted molar refractivity (Wildman–Crippen MR) is 81.8 cm³/mol. The van der Waals surface area contributed by atoms with E-state index in [1.54, 1.807) is 29.6 Å². The van der Waals surface area contributed by atoms with Crippen molar-refractivity contribution in [1.29, 1.82) is 0 Å². The molecule has 0 spiro atoms. The van der Waals surface area contributed by atoms with Crippen molar-refractivity contribution in [3.05, 3.63) is 22.5 Å². The Morgan fingerprint density at radius 3 is 3.00 bits per heavy atom. The van der Waals surface area contributed by atoms with Crippen LogP contribution in [0.15, 0.2) is 17.5 Å².